The van der Waals surface area contributed by atoms with Gasteiger partial charge in [-0.1, -0.05) is 27.7 Å². The lowest BCUT2D eigenvalue weighted by molar-refractivity contribution is -0.125. The molecule has 4 N–H and O–H groups in total. The minimum absolute atomic E-state index is 0.0426. The van der Waals surface area contributed by atoms with E-state index in [1.54, 1.807) is 0 Å². The number of hydrogen-bond acceptors (Lipinski definition) is 3. The Morgan fingerprint density at radius 3 is 2.29 bits per heavy atom. The van der Waals surface area contributed by atoms with Crippen LogP contribution in [0.4, 0.5) is 0 Å². The maximum atomic E-state index is 11.6. The molecule has 14 heavy (non-hydrogen) atoms. The highest BCUT2D eigenvalue weighted by molar-refractivity contribution is 5.82. The molecule has 0 aliphatic carbocycles. The summed E-state index contributed by atoms with van der Waals surface area (Å²) < 4.78 is 0. The van der Waals surface area contributed by atoms with Crippen LogP contribution in [-0.4, -0.2) is 29.7 Å². The lowest BCUT2D eigenvalue weighted by Gasteiger charge is -2.27. The number of carbonyl (C=O) groups is 1. The van der Waals surface area contributed by atoms with Crippen LogP contribution in [0.15, 0.2) is 0 Å². The molecule has 0 radical (unpaired) electrons. The van der Waals surface area contributed by atoms with Gasteiger partial charge in [-0.15, -0.1) is 0 Å². The molecule has 0 saturated carbocycles. The smallest absolute Gasteiger partial charge is 0.237 e. The molecule has 4 nitrogen and oxygen atoms in total. The molecule has 0 aliphatic heterocycles. The number of aliphatic hydroxyl groups excluding tert-OH is 1. The first-order valence-corrected chi connectivity index (χ1v) is 4.99. The van der Waals surface area contributed by atoms with E-state index >= 15 is 0 Å². The largest absolute Gasteiger partial charge is 0.394 e. The molecule has 0 heterocycles. The molecule has 1 amide bonds. The van der Waals surface area contributed by atoms with Crippen molar-refractivity contribution in [2.45, 2.75) is 46.2 Å². The van der Waals surface area contributed by atoms with Gasteiger partial charge in [-0.2, -0.15) is 0 Å². The highest BCUT2D eigenvalue weighted by Crippen LogP contribution is 2.17. The fraction of sp³-hybridized carbons (Fsp3) is 0.900. The predicted molar refractivity (Wildman–Crippen MR) is 56.7 cm³/mol. The number of nitrogens with one attached hydrogen (secondary N) is 1. The molecule has 4 heteroatoms. The molecule has 0 aromatic heterocycles. The maximum absolute atomic E-state index is 11.6. The number of aliphatic hydroxyl groups is 1. The molecule has 0 fully saturated rings. The van der Waals surface area contributed by atoms with E-state index in [2.05, 4.69) is 5.32 Å². The highest BCUT2D eigenvalue weighted by atomic mass is 16.3. The first-order chi connectivity index (χ1) is 6.32. The molecular formula is C10H22N2O2. The number of nitrogens with two attached hydrogens (primary N) is 1. The second-order valence-electron chi connectivity index (χ2n) is 4.64. The van der Waals surface area contributed by atoms with Gasteiger partial charge >= 0.3 is 0 Å². The van der Waals surface area contributed by atoms with Crippen molar-refractivity contribution in [2.24, 2.45) is 11.1 Å². The van der Waals surface area contributed by atoms with Crippen molar-refractivity contribution in [1.82, 2.24) is 5.32 Å². The Labute approximate surface area is 85.9 Å². The number of rotatable bonds is 4. The van der Waals surface area contributed by atoms with Crippen molar-refractivity contribution in [2.75, 3.05) is 6.61 Å². The second kappa shape index (κ2) is 5.32. The lowest BCUT2D eigenvalue weighted by atomic mass is 9.87. The van der Waals surface area contributed by atoms with E-state index in [1.165, 1.54) is 0 Å². The quantitative estimate of drug-likeness (QED) is 0.611. The van der Waals surface area contributed by atoms with Gasteiger partial charge in [-0.05, 0) is 11.8 Å². The molecule has 0 aromatic rings. The molecule has 2 atom stereocenters. The topological polar surface area (TPSA) is 75.3 Å². The summed E-state index contributed by atoms with van der Waals surface area (Å²) in [5.41, 5.74) is 5.51. The van der Waals surface area contributed by atoms with Crippen molar-refractivity contribution in [3.05, 3.63) is 0 Å². The van der Waals surface area contributed by atoms with E-state index in [9.17, 15) is 4.79 Å². The van der Waals surface area contributed by atoms with Gasteiger partial charge in [0.2, 0.25) is 5.91 Å². The second-order valence-corrected chi connectivity index (χ2v) is 4.64. The summed E-state index contributed by atoms with van der Waals surface area (Å²) in [6.07, 6.45) is 0.707. The number of carbonyl (C=O) groups excluding carboxylic acids is 1. The van der Waals surface area contributed by atoms with Crippen LogP contribution in [-0.2, 0) is 4.79 Å². The third-order valence-corrected chi connectivity index (χ3v) is 2.28. The monoisotopic (exact) mass is 202 g/mol. The molecule has 0 rings (SSSR count). The minimum Gasteiger partial charge on any atom is -0.394 e. The van der Waals surface area contributed by atoms with Crippen LogP contribution in [0.2, 0.25) is 0 Å². The Balaban J connectivity index is 4.21. The molecule has 0 spiro atoms. The van der Waals surface area contributed by atoms with Crippen molar-refractivity contribution in [3.8, 4) is 0 Å². The molecule has 84 valence electrons. The average Bonchev–Trinajstić information content (AvgIpc) is 2.11. The molecule has 0 aliphatic rings. The summed E-state index contributed by atoms with van der Waals surface area (Å²) in [5, 5.41) is 11.6. The van der Waals surface area contributed by atoms with E-state index in [4.69, 9.17) is 10.8 Å². The van der Waals surface area contributed by atoms with Gasteiger partial charge in [0.15, 0.2) is 0 Å². The third kappa shape index (κ3) is 4.07. The molecule has 0 aromatic carbocycles. The Hall–Kier alpha value is -0.610. The third-order valence-electron chi connectivity index (χ3n) is 2.28. The van der Waals surface area contributed by atoms with Crippen molar-refractivity contribution in [1.29, 1.82) is 0 Å². The fourth-order valence-electron chi connectivity index (χ4n) is 0.961. The Bertz CT molecular complexity index is 183. The minimum atomic E-state index is -0.539. The van der Waals surface area contributed by atoms with Gasteiger partial charge in [-0.25, -0.2) is 0 Å². The normalized spacial score (nSPS) is 16.1. The van der Waals surface area contributed by atoms with Crippen LogP contribution >= 0.6 is 0 Å². The summed E-state index contributed by atoms with van der Waals surface area (Å²) in [5.74, 6) is -0.196. The fourth-order valence-corrected chi connectivity index (χ4v) is 0.961. The molecule has 0 bridgehead atoms. The maximum Gasteiger partial charge on any atom is 0.237 e. The number of amides is 1. The first-order valence-electron chi connectivity index (χ1n) is 4.99. The van der Waals surface area contributed by atoms with Crippen LogP contribution < -0.4 is 11.1 Å². The van der Waals surface area contributed by atoms with Crippen LogP contribution in [0.5, 0.6) is 0 Å². The number of hydrogen-bond donors (Lipinski definition) is 3. The van der Waals surface area contributed by atoms with Gasteiger partial charge < -0.3 is 16.2 Å². The standard InChI is InChI=1S/C10H22N2O2/c1-5-7(6-13)12-9(14)8(11)10(2,3)4/h7-8,13H,5-6,11H2,1-4H3,(H,12,14)/t7?,8-/m1/s1. The van der Waals surface area contributed by atoms with Crippen molar-refractivity contribution >= 4 is 5.91 Å². The van der Waals surface area contributed by atoms with E-state index in [0.717, 1.165) is 0 Å². The zero-order valence-corrected chi connectivity index (χ0v) is 9.50. The predicted octanol–water partition coefficient (Wildman–Crippen LogP) is 0.247. The van der Waals surface area contributed by atoms with Gasteiger partial charge in [0.1, 0.15) is 0 Å². The van der Waals surface area contributed by atoms with E-state index < -0.39 is 6.04 Å². The Morgan fingerprint density at radius 1 is 1.50 bits per heavy atom. The first kappa shape index (κ1) is 13.4. The van der Waals surface area contributed by atoms with Crippen LogP contribution in [0.1, 0.15) is 34.1 Å². The van der Waals surface area contributed by atoms with Crippen LogP contribution in [0, 0.1) is 5.41 Å². The zero-order chi connectivity index (χ0) is 11.4. The molecule has 1 unspecified atom stereocenters. The summed E-state index contributed by atoms with van der Waals surface area (Å²) in [7, 11) is 0. The SMILES string of the molecule is CCC(CO)NC(=O)[C@@H](N)C(C)(C)C. The highest BCUT2D eigenvalue weighted by Gasteiger charge is 2.28. The summed E-state index contributed by atoms with van der Waals surface area (Å²) >= 11 is 0. The molecule has 0 saturated heterocycles. The molecular weight excluding hydrogens is 180 g/mol. The van der Waals surface area contributed by atoms with Crippen LogP contribution in [0.3, 0.4) is 0 Å². The Kier molecular flexibility index (Phi) is 5.08. The van der Waals surface area contributed by atoms with Gasteiger partial charge in [0, 0.05) is 0 Å². The average molecular weight is 202 g/mol. The summed E-state index contributed by atoms with van der Waals surface area (Å²) in [6.45, 7) is 7.61. The van der Waals surface area contributed by atoms with Crippen molar-refractivity contribution < 1.29 is 9.90 Å². The van der Waals surface area contributed by atoms with Crippen molar-refractivity contribution in [3.63, 3.8) is 0 Å². The van der Waals surface area contributed by atoms with E-state index in [-0.39, 0.29) is 24.0 Å². The zero-order valence-electron chi connectivity index (χ0n) is 9.50. The lowest BCUT2D eigenvalue weighted by Crippen LogP contribution is -2.52. The Morgan fingerprint density at radius 2 is 2.00 bits per heavy atom. The van der Waals surface area contributed by atoms with E-state index in [0.29, 0.717) is 6.42 Å². The van der Waals surface area contributed by atoms with Gasteiger partial charge in [0.25, 0.3) is 0 Å². The van der Waals surface area contributed by atoms with Crippen LogP contribution in [0.25, 0.3) is 0 Å². The van der Waals surface area contributed by atoms with Gasteiger partial charge in [0.05, 0.1) is 18.7 Å². The van der Waals surface area contributed by atoms with E-state index in [1.807, 2.05) is 27.7 Å². The van der Waals surface area contributed by atoms with Gasteiger partial charge in [-0.3, -0.25) is 4.79 Å². The summed E-state index contributed by atoms with van der Waals surface area (Å²) in [6, 6.07) is -0.723. The summed E-state index contributed by atoms with van der Waals surface area (Å²) in [4.78, 5) is 11.6.